The Morgan fingerprint density at radius 2 is 2.32 bits per heavy atom. The highest BCUT2D eigenvalue weighted by atomic mass is 16.1. The number of benzene rings is 1. The molecule has 5 nitrogen and oxygen atoms in total. The van der Waals surface area contributed by atoms with Gasteiger partial charge in [-0.1, -0.05) is 18.2 Å². The Hall–Kier alpha value is -2.30. The molecule has 0 saturated carbocycles. The smallest absolute Gasteiger partial charge is 0.229 e. The molecule has 0 saturated heterocycles. The van der Waals surface area contributed by atoms with Crippen molar-refractivity contribution in [3.8, 4) is 0 Å². The Morgan fingerprint density at radius 1 is 1.42 bits per heavy atom. The zero-order valence-electron chi connectivity index (χ0n) is 10.5. The monoisotopic (exact) mass is 256 g/mol. The van der Waals surface area contributed by atoms with Gasteiger partial charge in [0.15, 0.2) is 0 Å². The average molecular weight is 256 g/mol. The second-order valence-electron chi connectivity index (χ2n) is 4.58. The van der Waals surface area contributed by atoms with Crippen LogP contribution in [0.15, 0.2) is 42.7 Å². The summed E-state index contributed by atoms with van der Waals surface area (Å²) in [6, 6.07) is 9.83. The van der Waals surface area contributed by atoms with E-state index in [1.165, 1.54) is 0 Å². The van der Waals surface area contributed by atoms with Crippen LogP contribution in [0.25, 0.3) is 0 Å². The van der Waals surface area contributed by atoms with Crippen LogP contribution in [0.5, 0.6) is 0 Å². The van der Waals surface area contributed by atoms with E-state index in [1.807, 2.05) is 36.5 Å². The fourth-order valence-corrected chi connectivity index (χ4v) is 2.37. The molecule has 1 aliphatic rings. The number of aromatic nitrogens is 2. The van der Waals surface area contributed by atoms with Gasteiger partial charge in [0.1, 0.15) is 0 Å². The predicted octanol–water partition coefficient (Wildman–Crippen LogP) is 1.21. The minimum absolute atomic E-state index is 0.0737. The molecular formula is C14H16N4O. The lowest BCUT2D eigenvalue weighted by Gasteiger charge is -2.11. The van der Waals surface area contributed by atoms with Crippen LogP contribution in [0.3, 0.4) is 0 Å². The number of anilines is 1. The van der Waals surface area contributed by atoms with Gasteiger partial charge >= 0.3 is 0 Å². The number of rotatable bonds is 4. The van der Waals surface area contributed by atoms with Crippen molar-refractivity contribution in [1.82, 2.24) is 15.1 Å². The van der Waals surface area contributed by atoms with Crippen molar-refractivity contribution >= 4 is 11.6 Å². The van der Waals surface area contributed by atoms with E-state index in [-0.39, 0.29) is 11.8 Å². The molecule has 1 aromatic carbocycles. The normalized spacial score (nSPS) is 16.7. The van der Waals surface area contributed by atoms with Crippen LogP contribution in [0.4, 0.5) is 5.69 Å². The van der Waals surface area contributed by atoms with E-state index in [9.17, 15) is 4.79 Å². The first-order chi connectivity index (χ1) is 9.34. The van der Waals surface area contributed by atoms with Crippen LogP contribution in [0.1, 0.15) is 11.5 Å². The summed E-state index contributed by atoms with van der Waals surface area (Å²) in [4.78, 5) is 12.2. The summed E-state index contributed by atoms with van der Waals surface area (Å²) >= 11 is 0. The molecule has 1 atom stereocenters. The number of hydrogen-bond acceptors (Lipinski definition) is 3. The van der Waals surface area contributed by atoms with E-state index in [2.05, 4.69) is 15.7 Å². The third-order valence-electron chi connectivity index (χ3n) is 3.35. The molecule has 0 radical (unpaired) electrons. The number of para-hydroxylation sites is 1. The van der Waals surface area contributed by atoms with Crippen LogP contribution >= 0.6 is 0 Å². The summed E-state index contributed by atoms with van der Waals surface area (Å²) in [6.07, 6.45) is 3.62. The summed E-state index contributed by atoms with van der Waals surface area (Å²) in [5.41, 5.74) is 2.15. The summed E-state index contributed by atoms with van der Waals surface area (Å²) in [5, 5.41) is 10.3. The standard InChI is InChI=1S/C14H16N4O/c19-14(15-7-9-18-8-3-6-17-18)12-10-16-13-5-2-1-4-11(12)13/h1-6,8,12,16H,7,9-10H2,(H,15,19). The number of nitrogens with one attached hydrogen (secondary N) is 2. The number of carbonyl (C=O) groups excluding carboxylic acids is 1. The van der Waals surface area contributed by atoms with E-state index in [1.54, 1.807) is 10.9 Å². The maximum absolute atomic E-state index is 12.2. The van der Waals surface area contributed by atoms with Gasteiger partial charge in [-0.15, -0.1) is 0 Å². The lowest BCUT2D eigenvalue weighted by molar-refractivity contribution is -0.122. The topological polar surface area (TPSA) is 59.0 Å². The van der Waals surface area contributed by atoms with Crippen molar-refractivity contribution in [2.45, 2.75) is 12.5 Å². The largest absolute Gasteiger partial charge is 0.384 e. The van der Waals surface area contributed by atoms with Crippen molar-refractivity contribution in [3.63, 3.8) is 0 Å². The van der Waals surface area contributed by atoms with E-state index in [0.717, 1.165) is 11.3 Å². The van der Waals surface area contributed by atoms with Gasteiger partial charge in [0, 0.05) is 31.2 Å². The van der Waals surface area contributed by atoms with E-state index >= 15 is 0 Å². The molecule has 0 bridgehead atoms. The zero-order valence-corrected chi connectivity index (χ0v) is 10.5. The lowest BCUT2D eigenvalue weighted by Crippen LogP contribution is -2.32. The molecule has 1 aliphatic heterocycles. The predicted molar refractivity (Wildman–Crippen MR) is 72.9 cm³/mol. The molecule has 19 heavy (non-hydrogen) atoms. The Bertz CT molecular complexity index is 565. The van der Waals surface area contributed by atoms with Crippen molar-refractivity contribution < 1.29 is 4.79 Å². The Kier molecular flexibility index (Phi) is 3.18. The first-order valence-corrected chi connectivity index (χ1v) is 6.42. The molecule has 0 spiro atoms. The third-order valence-corrected chi connectivity index (χ3v) is 3.35. The van der Waals surface area contributed by atoms with E-state index < -0.39 is 0 Å². The van der Waals surface area contributed by atoms with Crippen LogP contribution in [0.2, 0.25) is 0 Å². The number of nitrogens with zero attached hydrogens (tertiary/aromatic N) is 2. The van der Waals surface area contributed by atoms with Crippen LogP contribution < -0.4 is 10.6 Å². The first-order valence-electron chi connectivity index (χ1n) is 6.42. The number of fused-ring (bicyclic) bond motifs is 1. The molecule has 1 aromatic heterocycles. The van der Waals surface area contributed by atoms with Crippen LogP contribution in [0, 0.1) is 0 Å². The van der Waals surface area contributed by atoms with Gasteiger partial charge < -0.3 is 10.6 Å². The highest BCUT2D eigenvalue weighted by molar-refractivity contribution is 5.88. The highest BCUT2D eigenvalue weighted by Gasteiger charge is 2.27. The number of hydrogen-bond donors (Lipinski definition) is 2. The van der Waals surface area contributed by atoms with Crippen molar-refractivity contribution in [3.05, 3.63) is 48.3 Å². The molecule has 0 fully saturated rings. The highest BCUT2D eigenvalue weighted by Crippen LogP contribution is 2.30. The summed E-state index contributed by atoms with van der Waals surface area (Å²) in [5.74, 6) is -0.0153. The van der Waals surface area contributed by atoms with Gasteiger partial charge in [-0.25, -0.2) is 0 Å². The van der Waals surface area contributed by atoms with Crippen LogP contribution in [-0.4, -0.2) is 28.8 Å². The average Bonchev–Trinajstić information content (AvgIpc) is 3.07. The van der Waals surface area contributed by atoms with E-state index in [0.29, 0.717) is 19.6 Å². The van der Waals surface area contributed by atoms with Crippen LogP contribution in [-0.2, 0) is 11.3 Å². The Balaban J connectivity index is 1.57. The second kappa shape index (κ2) is 5.14. The molecule has 1 unspecified atom stereocenters. The maximum Gasteiger partial charge on any atom is 0.229 e. The molecule has 5 heteroatoms. The molecule has 98 valence electrons. The maximum atomic E-state index is 12.2. The summed E-state index contributed by atoms with van der Waals surface area (Å²) < 4.78 is 1.81. The van der Waals surface area contributed by atoms with Crippen molar-refractivity contribution in [1.29, 1.82) is 0 Å². The Morgan fingerprint density at radius 3 is 3.16 bits per heavy atom. The Labute approximate surface area is 111 Å². The molecular weight excluding hydrogens is 240 g/mol. The first kappa shape index (κ1) is 11.8. The van der Waals surface area contributed by atoms with Gasteiger partial charge in [-0.05, 0) is 17.7 Å². The molecule has 2 N–H and O–H groups in total. The van der Waals surface area contributed by atoms with Gasteiger partial charge in [-0.3, -0.25) is 9.48 Å². The fraction of sp³-hybridized carbons (Fsp3) is 0.286. The third kappa shape index (κ3) is 2.45. The minimum atomic E-state index is -0.0891. The van der Waals surface area contributed by atoms with Gasteiger partial charge in [0.25, 0.3) is 0 Å². The van der Waals surface area contributed by atoms with Crippen molar-refractivity contribution in [2.24, 2.45) is 0 Å². The molecule has 2 heterocycles. The van der Waals surface area contributed by atoms with Crippen molar-refractivity contribution in [2.75, 3.05) is 18.4 Å². The van der Waals surface area contributed by atoms with E-state index in [4.69, 9.17) is 0 Å². The van der Waals surface area contributed by atoms with Gasteiger partial charge in [-0.2, -0.15) is 5.10 Å². The second-order valence-corrected chi connectivity index (χ2v) is 4.58. The number of carbonyl (C=O) groups is 1. The van der Waals surface area contributed by atoms with Gasteiger partial charge in [0.2, 0.25) is 5.91 Å². The SMILES string of the molecule is O=C(NCCn1cccn1)C1CNc2ccccc21. The lowest BCUT2D eigenvalue weighted by atomic mass is 10.0. The number of amides is 1. The molecule has 2 aromatic rings. The summed E-state index contributed by atoms with van der Waals surface area (Å²) in [7, 11) is 0. The summed E-state index contributed by atoms with van der Waals surface area (Å²) in [6.45, 7) is 1.96. The minimum Gasteiger partial charge on any atom is -0.384 e. The quantitative estimate of drug-likeness (QED) is 0.864. The molecule has 1 amide bonds. The zero-order chi connectivity index (χ0) is 13.1. The molecule has 3 rings (SSSR count). The molecule has 0 aliphatic carbocycles. The fourth-order valence-electron chi connectivity index (χ4n) is 2.37. The van der Waals surface area contributed by atoms with Gasteiger partial charge in [0.05, 0.1) is 12.5 Å².